The van der Waals surface area contributed by atoms with E-state index in [1.807, 2.05) is 0 Å². The van der Waals surface area contributed by atoms with Crippen molar-refractivity contribution in [1.82, 2.24) is 5.32 Å². The second kappa shape index (κ2) is 2.73. The van der Waals surface area contributed by atoms with Gasteiger partial charge in [0.25, 0.3) is 0 Å². The van der Waals surface area contributed by atoms with Gasteiger partial charge >= 0.3 is 0 Å². The Morgan fingerprint density at radius 1 is 1.27 bits per heavy atom. The summed E-state index contributed by atoms with van der Waals surface area (Å²) < 4.78 is 0. The molecule has 0 spiro atoms. The molecule has 0 radical (unpaired) electrons. The van der Waals surface area contributed by atoms with Crippen LogP contribution in [-0.4, -0.2) is 28.6 Å². The standard InChI is InChI=1S/C8H15NO2/c10-8(11)7-4-5-2-1-3-6(5)9-7/h5-11H,1-4H2/t5-,6-,7-/m0/s1. The van der Waals surface area contributed by atoms with E-state index in [1.165, 1.54) is 19.3 Å². The molecule has 0 amide bonds. The SMILES string of the molecule is OC(O)[C@@H]1C[C@@H]2CCC[C@@H]2N1. The largest absolute Gasteiger partial charge is 0.367 e. The van der Waals surface area contributed by atoms with Crippen molar-refractivity contribution in [2.75, 3.05) is 0 Å². The van der Waals surface area contributed by atoms with E-state index in [4.69, 9.17) is 10.2 Å². The fourth-order valence-electron chi connectivity index (χ4n) is 2.42. The summed E-state index contributed by atoms with van der Waals surface area (Å²) in [6, 6.07) is 0.507. The lowest BCUT2D eigenvalue weighted by Gasteiger charge is -2.14. The highest BCUT2D eigenvalue weighted by Gasteiger charge is 2.38. The molecule has 2 aliphatic rings. The van der Waals surface area contributed by atoms with Crippen molar-refractivity contribution >= 4 is 0 Å². The van der Waals surface area contributed by atoms with Crippen LogP contribution < -0.4 is 5.32 Å². The molecule has 1 aliphatic carbocycles. The highest BCUT2D eigenvalue weighted by molar-refractivity contribution is 4.95. The lowest BCUT2D eigenvalue weighted by atomic mass is 10.0. The van der Waals surface area contributed by atoms with Gasteiger partial charge in [-0.3, -0.25) is 0 Å². The van der Waals surface area contributed by atoms with Gasteiger partial charge in [0.15, 0.2) is 6.29 Å². The van der Waals surface area contributed by atoms with Crippen LogP contribution in [0.15, 0.2) is 0 Å². The average Bonchev–Trinajstić information content (AvgIpc) is 2.40. The fraction of sp³-hybridized carbons (Fsp3) is 1.00. The Balaban J connectivity index is 1.94. The maximum Gasteiger partial charge on any atom is 0.167 e. The van der Waals surface area contributed by atoms with Gasteiger partial charge in [-0.05, 0) is 25.2 Å². The van der Waals surface area contributed by atoms with Crippen LogP contribution in [-0.2, 0) is 0 Å². The lowest BCUT2D eigenvalue weighted by molar-refractivity contribution is -0.0642. The van der Waals surface area contributed by atoms with Crippen molar-refractivity contribution in [2.24, 2.45) is 5.92 Å². The first-order chi connectivity index (χ1) is 5.27. The Labute approximate surface area is 66.4 Å². The second-order valence-electron chi connectivity index (χ2n) is 3.72. The molecule has 0 aromatic heterocycles. The molecule has 1 saturated carbocycles. The third-order valence-corrected chi connectivity index (χ3v) is 3.00. The third-order valence-electron chi connectivity index (χ3n) is 3.00. The van der Waals surface area contributed by atoms with E-state index in [0.29, 0.717) is 12.0 Å². The molecule has 0 bridgehead atoms. The summed E-state index contributed by atoms with van der Waals surface area (Å²) in [5.41, 5.74) is 0. The minimum Gasteiger partial charge on any atom is -0.367 e. The monoisotopic (exact) mass is 157 g/mol. The zero-order valence-electron chi connectivity index (χ0n) is 6.53. The van der Waals surface area contributed by atoms with E-state index >= 15 is 0 Å². The fourth-order valence-corrected chi connectivity index (χ4v) is 2.42. The van der Waals surface area contributed by atoms with Crippen LogP contribution in [0.5, 0.6) is 0 Å². The number of hydrogen-bond acceptors (Lipinski definition) is 3. The first-order valence-corrected chi connectivity index (χ1v) is 4.39. The molecule has 2 fully saturated rings. The van der Waals surface area contributed by atoms with Crippen molar-refractivity contribution in [2.45, 2.75) is 44.1 Å². The van der Waals surface area contributed by atoms with E-state index in [0.717, 1.165) is 6.42 Å². The van der Waals surface area contributed by atoms with Crippen molar-refractivity contribution in [3.63, 3.8) is 0 Å². The first kappa shape index (κ1) is 7.53. The van der Waals surface area contributed by atoms with Gasteiger partial charge in [0.1, 0.15) is 0 Å². The summed E-state index contributed by atoms with van der Waals surface area (Å²) in [7, 11) is 0. The van der Waals surface area contributed by atoms with Gasteiger partial charge in [-0.1, -0.05) is 6.42 Å². The van der Waals surface area contributed by atoms with E-state index in [9.17, 15) is 0 Å². The predicted octanol–water partition coefficient (Wildman–Crippen LogP) is -0.172. The molecule has 3 heteroatoms. The van der Waals surface area contributed by atoms with Crippen LogP contribution in [0.2, 0.25) is 0 Å². The smallest absolute Gasteiger partial charge is 0.167 e. The van der Waals surface area contributed by atoms with E-state index in [1.54, 1.807) is 0 Å². The van der Waals surface area contributed by atoms with Gasteiger partial charge in [-0.25, -0.2) is 0 Å². The van der Waals surface area contributed by atoms with Gasteiger partial charge in [0.05, 0.1) is 6.04 Å². The summed E-state index contributed by atoms with van der Waals surface area (Å²) in [6.45, 7) is 0. The summed E-state index contributed by atoms with van der Waals surface area (Å²) >= 11 is 0. The van der Waals surface area contributed by atoms with Crippen molar-refractivity contribution in [3.8, 4) is 0 Å². The highest BCUT2D eigenvalue weighted by atomic mass is 16.5. The van der Waals surface area contributed by atoms with Crippen molar-refractivity contribution < 1.29 is 10.2 Å². The molecule has 3 N–H and O–H groups in total. The van der Waals surface area contributed by atoms with Gasteiger partial charge in [0.2, 0.25) is 0 Å². The molecule has 11 heavy (non-hydrogen) atoms. The predicted molar refractivity (Wildman–Crippen MR) is 40.9 cm³/mol. The van der Waals surface area contributed by atoms with Crippen LogP contribution in [0.25, 0.3) is 0 Å². The molecule has 1 heterocycles. The second-order valence-corrected chi connectivity index (χ2v) is 3.72. The Bertz CT molecular complexity index is 137. The minimum absolute atomic E-state index is 0.0645. The number of hydrogen-bond donors (Lipinski definition) is 3. The van der Waals surface area contributed by atoms with Crippen molar-refractivity contribution in [3.05, 3.63) is 0 Å². The van der Waals surface area contributed by atoms with E-state index in [2.05, 4.69) is 5.32 Å². The zero-order valence-corrected chi connectivity index (χ0v) is 6.53. The molecule has 0 aromatic carbocycles. The quantitative estimate of drug-likeness (QED) is 0.463. The van der Waals surface area contributed by atoms with Crippen LogP contribution in [0.3, 0.4) is 0 Å². The summed E-state index contributed by atoms with van der Waals surface area (Å²) in [5, 5.41) is 21.1. The van der Waals surface area contributed by atoms with E-state index < -0.39 is 6.29 Å². The van der Waals surface area contributed by atoms with E-state index in [-0.39, 0.29) is 6.04 Å². The molecular weight excluding hydrogens is 142 g/mol. The van der Waals surface area contributed by atoms with Crippen LogP contribution in [0.4, 0.5) is 0 Å². The number of rotatable bonds is 1. The Kier molecular flexibility index (Phi) is 1.87. The maximum absolute atomic E-state index is 8.90. The number of aliphatic hydroxyl groups is 2. The number of nitrogens with one attached hydrogen (secondary N) is 1. The number of fused-ring (bicyclic) bond motifs is 1. The molecule has 0 unspecified atom stereocenters. The average molecular weight is 157 g/mol. The molecule has 0 aromatic rings. The summed E-state index contributed by atoms with van der Waals surface area (Å²) in [6.07, 6.45) is 3.56. The maximum atomic E-state index is 8.90. The van der Waals surface area contributed by atoms with Gasteiger partial charge in [-0.15, -0.1) is 0 Å². The van der Waals surface area contributed by atoms with Gasteiger partial charge in [-0.2, -0.15) is 0 Å². The molecule has 2 rings (SSSR count). The van der Waals surface area contributed by atoms with Crippen molar-refractivity contribution in [1.29, 1.82) is 0 Å². The Morgan fingerprint density at radius 3 is 2.73 bits per heavy atom. The molecule has 1 saturated heterocycles. The van der Waals surface area contributed by atoms with Crippen LogP contribution in [0, 0.1) is 5.92 Å². The number of aliphatic hydroxyl groups excluding tert-OH is 1. The Hall–Kier alpha value is -0.120. The topological polar surface area (TPSA) is 52.5 Å². The minimum atomic E-state index is -1.17. The molecular formula is C8H15NO2. The molecule has 3 atom stereocenters. The third kappa shape index (κ3) is 1.28. The zero-order chi connectivity index (χ0) is 7.84. The summed E-state index contributed by atoms with van der Waals surface area (Å²) in [4.78, 5) is 0. The Morgan fingerprint density at radius 2 is 2.09 bits per heavy atom. The van der Waals surface area contributed by atoms with Gasteiger partial charge in [0, 0.05) is 6.04 Å². The van der Waals surface area contributed by atoms with Gasteiger partial charge < -0.3 is 15.5 Å². The lowest BCUT2D eigenvalue weighted by Crippen LogP contribution is -2.37. The van der Waals surface area contributed by atoms with Crippen LogP contribution >= 0.6 is 0 Å². The molecule has 3 nitrogen and oxygen atoms in total. The first-order valence-electron chi connectivity index (χ1n) is 4.39. The summed E-state index contributed by atoms with van der Waals surface area (Å²) in [5.74, 6) is 0.710. The van der Waals surface area contributed by atoms with Crippen LogP contribution in [0.1, 0.15) is 25.7 Å². The highest BCUT2D eigenvalue weighted by Crippen LogP contribution is 2.35. The molecule has 64 valence electrons. The molecule has 1 aliphatic heterocycles. The normalized spacial score (nSPS) is 43.4.